The highest BCUT2D eigenvalue weighted by molar-refractivity contribution is 5.76. The second-order valence-electron chi connectivity index (χ2n) is 6.67. The van der Waals surface area contributed by atoms with Crippen molar-refractivity contribution in [2.75, 3.05) is 27.2 Å². The summed E-state index contributed by atoms with van der Waals surface area (Å²) in [6, 6.07) is 7.95. The Balaban J connectivity index is 1.52. The normalized spacial score (nSPS) is 16.2. The summed E-state index contributed by atoms with van der Waals surface area (Å²) in [5, 5.41) is 0. The first-order chi connectivity index (χ1) is 11.6. The number of rotatable bonds is 5. The lowest BCUT2D eigenvalue weighted by Gasteiger charge is -2.35. The van der Waals surface area contributed by atoms with Gasteiger partial charge in [0, 0.05) is 32.1 Å². The number of aromatic nitrogens is 1. The molecule has 1 fully saturated rings. The first kappa shape index (κ1) is 16.8. The molecule has 1 aromatic heterocycles. The van der Waals surface area contributed by atoms with E-state index in [1.165, 1.54) is 0 Å². The summed E-state index contributed by atoms with van der Waals surface area (Å²) in [5.74, 6) is -0.163. The fourth-order valence-electron chi connectivity index (χ4n) is 3.40. The number of nitrogens with zero attached hydrogens (tertiary/aromatic N) is 3. The van der Waals surface area contributed by atoms with Crippen LogP contribution < -0.4 is 5.76 Å². The summed E-state index contributed by atoms with van der Waals surface area (Å²) in [5.41, 5.74) is 1.39. The molecule has 2 heterocycles. The minimum absolute atomic E-state index is 0.188. The monoisotopic (exact) mass is 331 g/mol. The van der Waals surface area contributed by atoms with E-state index in [0.29, 0.717) is 31.0 Å². The van der Waals surface area contributed by atoms with Crippen LogP contribution in [0.2, 0.25) is 0 Å². The molecule has 0 unspecified atom stereocenters. The van der Waals surface area contributed by atoms with Gasteiger partial charge in [-0.3, -0.25) is 9.36 Å². The molecule has 24 heavy (non-hydrogen) atoms. The molecule has 130 valence electrons. The zero-order chi connectivity index (χ0) is 17.1. The quantitative estimate of drug-likeness (QED) is 0.840. The van der Waals surface area contributed by atoms with Crippen LogP contribution in [0.15, 0.2) is 33.5 Å². The first-order valence-electron chi connectivity index (χ1n) is 8.59. The van der Waals surface area contributed by atoms with Crippen molar-refractivity contribution in [3.8, 4) is 0 Å². The lowest BCUT2D eigenvalue weighted by molar-refractivity contribution is -0.132. The lowest BCUT2D eigenvalue weighted by Crippen LogP contribution is -2.44. The van der Waals surface area contributed by atoms with Crippen LogP contribution in [-0.2, 0) is 11.3 Å². The maximum absolute atomic E-state index is 12.4. The minimum atomic E-state index is -0.351. The van der Waals surface area contributed by atoms with E-state index < -0.39 is 0 Å². The third-order valence-corrected chi connectivity index (χ3v) is 4.89. The number of hydrogen-bond donors (Lipinski definition) is 0. The van der Waals surface area contributed by atoms with Gasteiger partial charge in [0.15, 0.2) is 5.58 Å². The Morgan fingerprint density at radius 3 is 2.67 bits per heavy atom. The Morgan fingerprint density at radius 2 is 1.96 bits per heavy atom. The SMILES string of the molecule is CN(C)C1CCN(C(=O)CCCn2c(=O)oc3ccccc32)CC1. The van der Waals surface area contributed by atoms with E-state index in [2.05, 4.69) is 19.0 Å². The van der Waals surface area contributed by atoms with E-state index in [-0.39, 0.29) is 11.7 Å². The smallest absolute Gasteiger partial charge is 0.408 e. The number of carbonyl (C=O) groups excluding carboxylic acids is 1. The van der Waals surface area contributed by atoms with Gasteiger partial charge in [-0.2, -0.15) is 0 Å². The fraction of sp³-hybridized carbons (Fsp3) is 0.556. The van der Waals surface area contributed by atoms with Crippen LogP contribution in [0.1, 0.15) is 25.7 Å². The predicted molar refractivity (Wildman–Crippen MR) is 93.0 cm³/mol. The van der Waals surface area contributed by atoms with Gasteiger partial charge < -0.3 is 14.2 Å². The predicted octanol–water partition coefficient (Wildman–Crippen LogP) is 1.93. The second kappa shape index (κ2) is 7.21. The Morgan fingerprint density at radius 1 is 1.25 bits per heavy atom. The maximum Gasteiger partial charge on any atom is 0.419 e. The van der Waals surface area contributed by atoms with Gasteiger partial charge in [-0.1, -0.05) is 12.1 Å². The van der Waals surface area contributed by atoms with Gasteiger partial charge in [-0.25, -0.2) is 4.79 Å². The molecule has 0 aliphatic carbocycles. The average Bonchev–Trinajstić information content (AvgIpc) is 2.90. The van der Waals surface area contributed by atoms with Crippen molar-refractivity contribution in [1.29, 1.82) is 0 Å². The van der Waals surface area contributed by atoms with Gasteiger partial charge in [0.1, 0.15) is 0 Å². The standard InChI is InChI=1S/C18H25N3O3/c1-19(2)14-9-12-20(13-10-14)17(22)8-5-11-21-15-6-3-4-7-16(15)24-18(21)23/h3-4,6-7,14H,5,8-13H2,1-2H3. The largest absolute Gasteiger partial charge is 0.419 e. The summed E-state index contributed by atoms with van der Waals surface area (Å²) < 4.78 is 6.83. The summed E-state index contributed by atoms with van der Waals surface area (Å²) in [6.45, 7) is 2.17. The lowest BCUT2D eigenvalue weighted by atomic mass is 10.0. The molecule has 3 rings (SSSR count). The number of hydrogen-bond acceptors (Lipinski definition) is 4. The van der Waals surface area contributed by atoms with Gasteiger partial charge in [0.2, 0.25) is 5.91 Å². The molecular weight excluding hydrogens is 306 g/mol. The fourth-order valence-corrected chi connectivity index (χ4v) is 3.40. The molecule has 1 saturated heterocycles. The highest BCUT2D eigenvalue weighted by atomic mass is 16.4. The summed E-state index contributed by atoms with van der Waals surface area (Å²) in [7, 11) is 4.18. The maximum atomic E-state index is 12.4. The summed E-state index contributed by atoms with van der Waals surface area (Å²) in [4.78, 5) is 28.5. The molecule has 0 spiro atoms. The third-order valence-electron chi connectivity index (χ3n) is 4.89. The molecule has 6 nitrogen and oxygen atoms in total. The van der Waals surface area contributed by atoms with Crippen molar-refractivity contribution in [2.45, 2.75) is 38.3 Å². The van der Waals surface area contributed by atoms with Gasteiger partial charge in [-0.05, 0) is 45.5 Å². The van der Waals surface area contributed by atoms with E-state index >= 15 is 0 Å². The van der Waals surface area contributed by atoms with Crippen molar-refractivity contribution in [3.05, 3.63) is 34.8 Å². The molecule has 2 aromatic rings. The Kier molecular flexibility index (Phi) is 5.04. The van der Waals surface area contributed by atoms with Crippen molar-refractivity contribution < 1.29 is 9.21 Å². The van der Waals surface area contributed by atoms with Crippen molar-refractivity contribution in [1.82, 2.24) is 14.4 Å². The van der Waals surface area contributed by atoms with Crippen LogP contribution in [0.5, 0.6) is 0 Å². The van der Waals surface area contributed by atoms with E-state index in [9.17, 15) is 9.59 Å². The third kappa shape index (κ3) is 3.53. The van der Waals surface area contributed by atoms with Crippen molar-refractivity contribution >= 4 is 17.0 Å². The molecule has 1 aliphatic heterocycles. The molecule has 6 heteroatoms. The molecule has 1 amide bonds. The zero-order valence-corrected chi connectivity index (χ0v) is 14.4. The van der Waals surface area contributed by atoms with Crippen LogP contribution in [0.3, 0.4) is 0 Å². The van der Waals surface area contributed by atoms with Gasteiger partial charge in [0.05, 0.1) is 5.52 Å². The minimum Gasteiger partial charge on any atom is -0.408 e. The average molecular weight is 331 g/mol. The number of oxazole rings is 1. The molecule has 0 radical (unpaired) electrons. The number of likely N-dealkylation sites (tertiary alicyclic amines) is 1. The topological polar surface area (TPSA) is 58.7 Å². The number of fused-ring (bicyclic) bond motifs is 1. The molecule has 0 N–H and O–H groups in total. The van der Waals surface area contributed by atoms with Crippen LogP contribution >= 0.6 is 0 Å². The van der Waals surface area contributed by atoms with Crippen LogP contribution in [0.4, 0.5) is 0 Å². The number of amides is 1. The first-order valence-corrected chi connectivity index (χ1v) is 8.59. The molecule has 0 bridgehead atoms. The molecular formula is C18H25N3O3. The second-order valence-corrected chi connectivity index (χ2v) is 6.67. The van der Waals surface area contributed by atoms with Crippen molar-refractivity contribution in [3.63, 3.8) is 0 Å². The summed E-state index contributed by atoms with van der Waals surface area (Å²) in [6.07, 6.45) is 3.18. The number of para-hydroxylation sites is 2. The number of benzene rings is 1. The highest BCUT2D eigenvalue weighted by Crippen LogP contribution is 2.16. The molecule has 1 aliphatic rings. The van der Waals surface area contributed by atoms with Gasteiger partial charge in [0.25, 0.3) is 0 Å². The summed E-state index contributed by atoms with van der Waals surface area (Å²) >= 11 is 0. The van der Waals surface area contributed by atoms with Crippen molar-refractivity contribution in [2.24, 2.45) is 0 Å². The van der Waals surface area contributed by atoms with E-state index in [1.807, 2.05) is 23.1 Å². The number of piperidine rings is 1. The zero-order valence-electron chi connectivity index (χ0n) is 14.4. The highest BCUT2D eigenvalue weighted by Gasteiger charge is 2.23. The molecule has 0 atom stereocenters. The van der Waals surface area contributed by atoms with Crippen LogP contribution in [0.25, 0.3) is 11.1 Å². The molecule has 1 aromatic carbocycles. The Hall–Kier alpha value is -2.08. The van der Waals surface area contributed by atoms with Crippen LogP contribution in [-0.4, -0.2) is 53.5 Å². The number of aryl methyl sites for hydroxylation is 1. The van der Waals surface area contributed by atoms with E-state index in [4.69, 9.17) is 4.42 Å². The van der Waals surface area contributed by atoms with E-state index in [1.54, 1.807) is 10.6 Å². The van der Waals surface area contributed by atoms with Gasteiger partial charge >= 0.3 is 5.76 Å². The molecule has 0 saturated carbocycles. The van der Waals surface area contributed by atoms with Crippen LogP contribution in [0, 0.1) is 0 Å². The van der Waals surface area contributed by atoms with E-state index in [0.717, 1.165) is 31.4 Å². The van der Waals surface area contributed by atoms with Gasteiger partial charge in [-0.15, -0.1) is 0 Å². The Bertz CT molecular complexity index is 754. The number of carbonyl (C=O) groups is 1. The Labute approximate surface area is 141 Å².